The first-order valence-electron chi connectivity index (χ1n) is 6.62. The second kappa shape index (κ2) is 7.39. The highest BCUT2D eigenvalue weighted by Gasteiger charge is 2.14. The topological polar surface area (TPSA) is 20.3 Å². The number of hydrogen-bond donors (Lipinski definition) is 0. The minimum atomic E-state index is 0.0471. The van der Waals surface area contributed by atoms with Gasteiger partial charge in [0.2, 0.25) is 5.91 Å². The van der Waals surface area contributed by atoms with Crippen LogP contribution >= 0.6 is 35.0 Å². The molecule has 1 aromatic carbocycles. The van der Waals surface area contributed by atoms with Crippen LogP contribution in [0.5, 0.6) is 0 Å². The van der Waals surface area contributed by atoms with E-state index in [1.54, 1.807) is 23.9 Å². The number of piperidine rings is 1. The van der Waals surface area contributed by atoms with Gasteiger partial charge in [0.05, 0.1) is 10.0 Å². The second-order valence-corrected chi connectivity index (χ2v) is 6.31. The lowest BCUT2D eigenvalue weighted by atomic mass is 10.1. The van der Waals surface area contributed by atoms with Crippen LogP contribution in [0.25, 0.3) is 6.08 Å². The van der Waals surface area contributed by atoms with Crippen molar-refractivity contribution < 1.29 is 4.79 Å². The van der Waals surface area contributed by atoms with Crippen LogP contribution in [-0.4, -0.2) is 30.2 Å². The minimum Gasteiger partial charge on any atom is -0.339 e. The van der Waals surface area contributed by atoms with Crippen molar-refractivity contribution in [2.45, 2.75) is 24.2 Å². The van der Waals surface area contributed by atoms with Crippen LogP contribution in [0.15, 0.2) is 23.1 Å². The molecule has 1 fully saturated rings. The summed E-state index contributed by atoms with van der Waals surface area (Å²) in [6.45, 7) is 1.70. The molecule has 1 heterocycles. The quantitative estimate of drug-likeness (QED) is 0.589. The Balaban J connectivity index is 2.11. The predicted octanol–water partition coefficient (Wildman–Crippen LogP) is 4.74. The summed E-state index contributed by atoms with van der Waals surface area (Å²) in [4.78, 5) is 14.9. The first-order chi connectivity index (χ1) is 9.63. The van der Waals surface area contributed by atoms with E-state index in [1.165, 1.54) is 6.42 Å². The normalized spacial score (nSPS) is 15.8. The molecule has 0 unspecified atom stereocenters. The molecule has 0 radical (unpaired) electrons. The summed E-state index contributed by atoms with van der Waals surface area (Å²) < 4.78 is 0. The van der Waals surface area contributed by atoms with Gasteiger partial charge in [-0.2, -0.15) is 0 Å². The maximum absolute atomic E-state index is 12.0. The zero-order valence-electron chi connectivity index (χ0n) is 11.4. The minimum absolute atomic E-state index is 0.0471. The molecule has 2 nitrogen and oxygen atoms in total. The Bertz CT molecular complexity index is 525. The highest BCUT2D eigenvalue weighted by molar-refractivity contribution is 7.98. The number of halogens is 2. The van der Waals surface area contributed by atoms with Crippen LogP contribution in [0.2, 0.25) is 10.0 Å². The lowest BCUT2D eigenvalue weighted by molar-refractivity contribution is -0.126. The van der Waals surface area contributed by atoms with E-state index >= 15 is 0 Å². The molecule has 0 bridgehead atoms. The number of amides is 1. The molecular formula is C15H17Cl2NOS. The number of nitrogens with zero attached hydrogens (tertiary/aromatic N) is 1. The highest BCUT2D eigenvalue weighted by Crippen LogP contribution is 2.34. The van der Waals surface area contributed by atoms with Crippen molar-refractivity contribution in [3.8, 4) is 0 Å². The molecule has 0 aliphatic carbocycles. The zero-order chi connectivity index (χ0) is 14.5. The Morgan fingerprint density at radius 2 is 1.90 bits per heavy atom. The van der Waals surface area contributed by atoms with Gasteiger partial charge in [-0.05, 0) is 43.2 Å². The Morgan fingerprint density at radius 3 is 2.55 bits per heavy atom. The third-order valence-corrected chi connectivity index (χ3v) is 5.16. The van der Waals surface area contributed by atoms with Gasteiger partial charge in [-0.3, -0.25) is 4.79 Å². The number of carbonyl (C=O) groups is 1. The van der Waals surface area contributed by atoms with Crippen molar-refractivity contribution in [1.82, 2.24) is 4.90 Å². The lowest BCUT2D eigenvalue weighted by Crippen LogP contribution is -2.34. The van der Waals surface area contributed by atoms with Crippen LogP contribution in [0.3, 0.4) is 0 Å². The van der Waals surface area contributed by atoms with E-state index in [9.17, 15) is 4.79 Å². The van der Waals surface area contributed by atoms with Gasteiger partial charge in [0.25, 0.3) is 0 Å². The van der Waals surface area contributed by atoms with Gasteiger partial charge in [0.15, 0.2) is 0 Å². The Kier molecular flexibility index (Phi) is 5.82. The summed E-state index contributed by atoms with van der Waals surface area (Å²) in [5.41, 5.74) is 0.778. The Labute approximate surface area is 134 Å². The fraction of sp³-hybridized carbons (Fsp3) is 0.400. The van der Waals surface area contributed by atoms with E-state index in [1.807, 2.05) is 23.3 Å². The van der Waals surface area contributed by atoms with Crippen molar-refractivity contribution in [3.05, 3.63) is 33.8 Å². The monoisotopic (exact) mass is 329 g/mol. The molecule has 1 aliphatic rings. The number of rotatable bonds is 3. The van der Waals surface area contributed by atoms with Crippen molar-refractivity contribution >= 4 is 46.9 Å². The third kappa shape index (κ3) is 3.72. The largest absolute Gasteiger partial charge is 0.339 e. The lowest BCUT2D eigenvalue weighted by Gasteiger charge is -2.25. The van der Waals surface area contributed by atoms with E-state index in [-0.39, 0.29) is 5.91 Å². The molecule has 1 saturated heterocycles. The van der Waals surface area contributed by atoms with Gasteiger partial charge >= 0.3 is 0 Å². The summed E-state index contributed by atoms with van der Waals surface area (Å²) in [6, 6.07) is 3.81. The zero-order valence-corrected chi connectivity index (χ0v) is 13.7. The maximum Gasteiger partial charge on any atom is 0.246 e. The van der Waals surface area contributed by atoms with Crippen molar-refractivity contribution in [2.24, 2.45) is 0 Å². The number of carbonyl (C=O) groups excluding carboxylic acids is 1. The van der Waals surface area contributed by atoms with Crippen LogP contribution < -0.4 is 0 Å². The first kappa shape index (κ1) is 15.7. The van der Waals surface area contributed by atoms with Crippen LogP contribution in [0.4, 0.5) is 0 Å². The first-order valence-corrected chi connectivity index (χ1v) is 8.60. The highest BCUT2D eigenvalue weighted by atomic mass is 35.5. The SMILES string of the molecule is CSc1ccc(/C=C/C(=O)N2CCCCC2)c(Cl)c1Cl. The average Bonchev–Trinajstić information content (AvgIpc) is 2.49. The molecule has 0 N–H and O–H groups in total. The van der Waals surface area contributed by atoms with Crippen molar-refractivity contribution in [2.75, 3.05) is 19.3 Å². The maximum atomic E-state index is 12.0. The molecule has 5 heteroatoms. The summed E-state index contributed by atoms with van der Waals surface area (Å²) in [5, 5.41) is 1.05. The number of likely N-dealkylation sites (tertiary alicyclic amines) is 1. The molecule has 0 atom stereocenters. The molecule has 0 saturated carbocycles. The van der Waals surface area contributed by atoms with E-state index in [0.717, 1.165) is 36.4 Å². The molecule has 20 heavy (non-hydrogen) atoms. The van der Waals surface area contributed by atoms with Gasteiger partial charge in [0, 0.05) is 24.1 Å². The fourth-order valence-electron chi connectivity index (χ4n) is 2.21. The van der Waals surface area contributed by atoms with Crippen molar-refractivity contribution in [1.29, 1.82) is 0 Å². The summed E-state index contributed by atoms with van der Waals surface area (Å²) in [6.07, 6.45) is 8.68. The second-order valence-electron chi connectivity index (χ2n) is 4.70. The van der Waals surface area contributed by atoms with Gasteiger partial charge in [0.1, 0.15) is 0 Å². The molecular weight excluding hydrogens is 313 g/mol. The molecule has 1 aromatic rings. The van der Waals surface area contributed by atoms with Crippen LogP contribution in [0.1, 0.15) is 24.8 Å². The standard InChI is InChI=1S/C15H17Cl2NOS/c1-20-12-7-5-11(14(16)15(12)17)6-8-13(19)18-9-3-2-4-10-18/h5-8H,2-4,9-10H2,1H3/b8-6+. The summed E-state index contributed by atoms with van der Waals surface area (Å²) >= 11 is 14.0. The third-order valence-electron chi connectivity index (χ3n) is 3.37. The molecule has 1 amide bonds. The molecule has 0 spiro atoms. The van der Waals surface area contributed by atoms with E-state index < -0.39 is 0 Å². The van der Waals surface area contributed by atoms with Crippen LogP contribution in [-0.2, 0) is 4.79 Å². The van der Waals surface area contributed by atoms with E-state index in [0.29, 0.717) is 10.0 Å². The van der Waals surface area contributed by atoms with Crippen LogP contribution in [0, 0.1) is 0 Å². The van der Waals surface area contributed by atoms with E-state index in [2.05, 4.69) is 0 Å². The fourth-order valence-corrected chi connectivity index (χ4v) is 3.39. The van der Waals surface area contributed by atoms with E-state index in [4.69, 9.17) is 23.2 Å². The predicted molar refractivity (Wildman–Crippen MR) is 87.7 cm³/mol. The summed E-state index contributed by atoms with van der Waals surface area (Å²) in [7, 11) is 0. The number of thioether (sulfide) groups is 1. The molecule has 2 rings (SSSR count). The Hall–Kier alpha value is -0.640. The van der Waals surface area contributed by atoms with Gasteiger partial charge in [-0.25, -0.2) is 0 Å². The average molecular weight is 330 g/mol. The molecule has 0 aromatic heterocycles. The molecule has 108 valence electrons. The summed E-state index contributed by atoms with van der Waals surface area (Å²) in [5.74, 6) is 0.0471. The smallest absolute Gasteiger partial charge is 0.246 e. The van der Waals surface area contributed by atoms with Gasteiger partial charge in [-0.1, -0.05) is 29.3 Å². The molecule has 1 aliphatic heterocycles. The van der Waals surface area contributed by atoms with Gasteiger partial charge in [-0.15, -0.1) is 11.8 Å². The number of hydrogen-bond acceptors (Lipinski definition) is 2. The van der Waals surface area contributed by atoms with Crippen molar-refractivity contribution in [3.63, 3.8) is 0 Å². The van der Waals surface area contributed by atoms with Gasteiger partial charge < -0.3 is 4.90 Å². The Morgan fingerprint density at radius 1 is 1.20 bits per heavy atom. The number of benzene rings is 1.